The van der Waals surface area contributed by atoms with Gasteiger partial charge in [-0.15, -0.1) is 0 Å². The predicted octanol–water partition coefficient (Wildman–Crippen LogP) is 7.51. The fourth-order valence-electron chi connectivity index (χ4n) is 5.00. The van der Waals surface area contributed by atoms with Crippen molar-refractivity contribution in [1.29, 1.82) is 0 Å². The van der Waals surface area contributed by atoms with E-state index in [-0.39, 0.29) is 5.92 Å². The van der Waals surface area contributed by atoms with Crippen LogP contribution in [0.4, 0.5) is 0 Å². The van der Waals surface area contributed by atoms with E-state index in [4.69, 9.17) is 9.47 Å². The molecule has 4 heteroatoms. The third-order valence-electron chi connectivity index (χ3n) is 6.81. The summed E-state index contributed by atoms with van der Waals surface area (Å²) in [7, 11) is 3.42. The number of hydrogen-bond donors (Lipinski definition) is 2. The van der Waals surface area contributed by atoms with Crippen LogP contribution in [0.15, 0.2) is 103 Å². The van der Waals surface area contributed by atoms with Gasteiger partial charge >= 0.3 is 0 Å². The van der Waals surface area contributed by atoms with Crippen LogP contribution in [0, 0.1) is 0 Å². The Morgan fingerprint density at radius 2 is 1.09 bits per heavy atom. The highest BCUT2D eigenvalue weighted by Crippen LogP contribution is 2.41. The largest absolute Gasteiger partial charge is 0.497 e. The topological polar surface area (TPSA) is 50.0 Å². The molecule has 0 aliphatic heterocycles. The number of rotatable bonds is 6. The van der Waals surface area contributed by atoms with E-state index < -0.39 is 0 Å². The van der Waals surface area contributed by atoms with Crippen molar-refractivity contribution in [2.24, 2.45) is 0 Å². The zero-order valence-electron chi connectivity index (χ0n) is 19.7. The fourth-order valence-corrected chi connectivity index (χ4v) is 5.00. The zero-order valence-corrected chi connectivity index (χ0v) is 19.7. The van der Waals surface area contributed by atoms with Crippen molar-refractivity contribution < 1.29 is 9.47 Å². The maximum Gasteiger partial charge on any atom is 0.119 e. The molecule has 0 saturated carbocycles. The summed E-state index contributed by atoms with van der Waals surface area (Å²) >= 11 is 0. The van der Waals surface area contributed by atoms with Crippen LogP contribution in [-0.4, -0.2) is 24.2 Å². The van der Waals surface area contributed by atoms with Gasteiger partial charge in [0.25, 0.3) is 0 Å². The molecule has 0 atom stereocenters. The molecule has 0 amide bonds. The Labute approximate surface area is 204 Å². The van der Waals surface area contributed by atoms with E-state index in [1.54, 1.807) is 14.2 Å². The summed E-state index contributed by atoms with van der Waals surface area (Å²) in [4.78, 5) is 6.94. The molecule has 0 saturated heterocycles. The quantitative estimate of drug-likeness (QED) is 0.271. The molecule has 6 aromatic rings. The first-order chi connectivity index (χ1) is 17.2. The van der Waals surface area contributed by atoms with Gasteiger partial charge in [-0.2, -0.15) is 0 Å². The number of methoxy groups -OCH3 is 2. The third-order valence-corrected chi connectivity index (χ3v) is 6.81. The summed E-state index contributed by atoms with van der Waals surface area (Å²) in [6.45, 7) is 0. The molecule has 35 heavy (non-hydrogen) atoms. The summed E-state index contributed by atoms with van der Waals surface area (Å²) in [6.07, 6.45) is 4.25. The van der Waals surface area contributed by atoms with Crippen LogP contribution in [0.2, 0.25) is 0 Å². The lowest BCUT2D eigenvalue weighted by atomic mass is 9.84. The van der Waals surface area contributed by atoms with Crippen molar-refractivity contribution in [1.82, 2.24) is 9.97 Å². The first kappa shape index (κ1) is 21.1. The molecule has 0 aliphatic carbocycles. The monoisotopic (exact) mass is 458 g/mol. The van der Waals surface area contributed by atoms with Crippen molar-refractivity contribution >= 4 is 21.8 Å². The Bertz CT molecular complexity index is 1530. The summed E-state index contributed by atoms with van der Waals surface area (Å²) in [5, 5.41) is 2.30. The maximum atomic E-state index is 5.55. The SMILES string of the molecule is COc1ccc2[nH]cc(C(c3ccc(-c4ccccc4)cc3)c3c[nH]c4ccc(OC)cc34)c2c1. The van der Waals surface area contributed by atoms with E-state index in [9.17, 15) is 0 Å². The molecule has 4 aromatic carbocycles. The van der Waals surface area contributed by atoms with E-state index in [1.807, 2.05) is 18.2 Å². The van der Waals surface area contributed by atoms with Gasteiger partial charge < -0.3 is 19.4 Å². The number of H-pyrrole nitrogens is 2. The van der Waals surface area contributed by atoms with Gasteiger partial charge in [0.1, 0.15) is 11.5 Å². The molecular weight excluding hydrogens is 432 g/mol. The molecule has 0 radical (unpaired) electrons. The molecule has 4 nitrogen and oxygen atoms in total. The summed E-state index contributed by atoms with van der Waals surface area (Å²) in [5.41, 5.74) is 8.22. The number of fused-ring (bicyclic) bond motifs is 2. The number of nitrogens with one attached hydrogen (secondary N) is 2. The second-order valence-corrected chi connectivity index (χ2v) is 8.73. The van der Waals surface area contributed by atoms with Crippen molar-refractivity contribution in [2.75, 3.05) is 14.2 Å². The Morgan fingerprint density at radius 1 is 0.571 bits per heavy atom. The minimum atomic E-state index is 0.0153. The van der Waals surface area contributed by atoms with Gasteiger partial charge in [-0.3, -0.25) is 0 Å². The average molecular weight is 459 g/mol. The molecule has 6 rings (SSSR count). The van der Waals surface area contributed by atoms with Gasteiger partial charge in [-0.25, -0.2) is 0 Å². The van der Waals surface area contributed by atoms with Crippen LogP contribution in [-0.2, 0) is 0 Å². The molecule has 0 aliphatic rings. The average Bonchev–Trinajstić information content (AvgIpc) is 3.54. The highest BCUT2D eigenvalue weighted by Gasteiger charge is 2.24. The fraction of sp³-hybridized carbons (Fsp3) is 0.0968. The Hall–Kier alpha value is -4.44. The first-order valence-corrected chi connectivity index (χ1v) is 11.7. The zero-order chi connectivity index (χ0) is 23.8. The van der Waals surface area contributed by atoms with Gasteiger partial charge in [0.05, 0.1) is 14.2 Å². The highest BCUT2D eigenvalue weighted by molar-refractivity contribution is 5.90. The third kappa shape index (κ3) is 3.73. The molecular formula is C31H26N2O2. The van der Waals surface area contributed by atoms with E-state index in [1.165, 1.54) is 27.8 Å². The second kappa shape index (κ2) is 8.73. The molecule has 0 spiro atoms. The van der Waals surface area contributed by atoms with Crippen LogP contribution in [0.25, 0.3) is 32.9 Å². The smallest absolute Gasteiger partial charge is 0.119 e. The highest BCUT2D eigenvalue weighted by atomic mass is 16.5. The van der Waals surface area contributed by atoms with Gasteiger partial charge in [0.2, 0.25) is 0 Å². The number of hydrogen-bond acceptors (Lipinski definition) is 2. The van der Waals surface area contributed by atoms with Crippen LogP contribution in [0.5, 0.6) is 11.5 Å². The second-order valence-electron chi connectivity index (χ2n) is 8.73. The summed E-state index contributed by atoms with van der Waals surface area (Å²) < 4.78 is 11.1. The normalized spacial score (nSPS) is 11.4. The molecule has 172 valence electrons. The molecule has 2 aromatic heterocycles. The van der Waals surface area contributed by atoms with Crippen molar-refractivity contribution in [3.63, 3.8) is 0 Å². The lowest BCUT2D eigenvalue weighted by Crippen LogP contribution is -2.02. The lowest BCUT2D eigenvalue weighted by Gasteiger charge is -2.18. The Balaban J connectivity index is 1.55. The number of ether oxygens (including phenoxy) is 2. The van der Waals surface area contributed by atoms with E-state index in [2.05, 4.69) is 95.2 Å². The van der Waals surface area contributed by atoms with E-state index >= 15 is 0 Å². The van der Waals surface area contributed by atoms with Crippen LogP contribution in [0.1, 0.15) is 22.6 Å². The maximum absolute atomic E-state index is 5.55. The van der Waals surface area contributed by atoms with Gasteiger partial charge in [-0.05, 0) is 64.2 Å². The molecule has 0 unspecified atom stereocenters. The Kier molecular flexibility index (Phi) is 5.27. The lowest BCUT2D eigenvalue weighted by molar-refractivity contribution is 0.415. The van der Waals surface area contributed by atoms with Crippen molar-refractivity contribution in [3.8, 4) is 22.6 Å². The van der Waals surface area contributed by atoms with Crippen molar-refractivity contribution in [2.45, 2.75) is 5.92 Å². The predicted molar refractivity (Wildman–Crippen MR) is 143 cm³/mol. The minimum Gasteiger partial charge on any atom is -0.497 e. The Morgan fingerprint density at radius 3 is 1.60 bits per heavy atom. The number of benzene rings is 4. The van der Waals surface area contributed by atoms with E-state index in [0.717, 1.165) is 33.3 Å². The van der Waals surface area contributed by atoms with Gasteiger partial charge in [0, 0.05) is 40.1 Å². The van der Waals surface area contributed by atoms with Crippen molar-refractivity contribution in [3.05, 3.63) is 120 Å². The minimum absolute atomic E-state index is 0.0153. The van der Waals surface area contributed by atoms with Crippen LogP contribution >= 0.6 is 0 Å². The summed E-state index contributed by atoms with van der Waals surface area (Å²) in [5.74, 6) is 1.70. The number of aromatic amines is 2. The number of aromatic nitrogens is 2. The van der Waals surface area contributed by atoms with E-state index in [0.29, 0.717) is 0 Å². The van der Waals surface area contributed by atoms with Crippen LogP contribution in [0.3, 0.4) is 0 Å². The first-order valence-electron chi connectivity index (χ1n) is 11.7. The molecule has 0 bridgehead atoms. The molecule has 2 heterocycles. The van der Waals surface area contributed by atoms with Crippen LogP contribution < -0.4 is 9.47 Å². The van der Waals surface area contributed by atoms with Gasteiger partial charge in [0.15, 0.2) is 0 Å². The molecule has 0 fully saturated rings. The van der Waals surface area contributed by atoms with Gasteiger partial charge in [-0.1, -0.05) is 54.6 Å². The standard InChI is InChI=1S/C31H26N2O2/c1-34-23-12-14-29-25(16-23)27(18-32-29)31(28-19-33-30-15-13-24(35-2)17-26(28)30)22-10-8-21(9-11-22)20-6-4-3-5-7-20/h3-19,31-33H,1-2H3. The molecule has 2 N–H and O–H groups in total. The summed E-state index contributed by atoms with van der Waals surface area (Å²) in [6, 6.07) is 31.7.